The minimum Gasteiger partial charge on any atom is -0.364 e. The number of benzene rings is 1. The first-order valence-electron chi connectivity index (χ1n) is 8.71. The lowest BCUT2D eigenvalue weighted by molar-refractivity contribution is 0.0996. The van der Waals surface area contributed by atoms with Crippen LogP contribution >= 0.6 is 22.9 Å². The van der Waals surface area contributed by atoms with Crippen LogP contribution < -0.4 is 11.1 Å². The van der Waals surface area contributed by atoms with Gasteiger partial charge in [-0.15, -0.1) is 11.3 Å². The Morgan fingerprint density at radius 1 is 1.31 bits per heavy atom. The van der Waals surface area contributed by atoms with E-state index in [1.165, 1.54) is 11.3 Å². The third-order valence-corrected chi connectivity index (χ3v) is 6.04. The van der Waals surface area contributed by atoms with Crippen LogP contribution in [0.15, 0.2) is 30.3 Å². The number of H-pyrrole nitrogens is 1. The zero-order chi connectivity index (χ0) is 20.7. The first kappa shape index (κ1) is 19.2. The summed E-state index contributed by atoms with van der Waals surface area (Å²) in [6.45, 7) is 4.09. The fourth-order valence-electron chi connectivity index (χ4n) is 3.06. The second-order valence-corrected chi connectivity index (χ2v) is 7.99. The molecular weight excluding hydrogens is 412 g/mol. The van der Waals surface area contributed by atoms with Crippen molar-refractivity contribution >= 4 is 50.7 Å². The molecule has 8 nitrogen and oxygen atoms in total. The molecule has 4 N–H and O–H groups in total. The minimum atomic E-state index is -0.716. The number of hydrogen-bond acceptors (Lipinski definition) is 5. The third kappa shape index (κ3) is 3.50. The van der Waals surface area contributed by atoms with Gasteiger partial charge in [-0.25, -0.2) is 0 Å². The van der Waals surface area contributed by atoms with E-state index in [1.54, 1.807) is 13.0 Å². The predicted molar refractivity (Wildman–Crippen MR) is 113 cm³/mol. The Bertz CT molecular complexity index is 1260. The lowest BCUT2D eigenvalue weighted by atomic mass is 10.2. The van der Waals surface area contributed by atoms with E-state index >= 15 is 0 Å². The SMILES string of the molecule is Cc1[nH]nc(C(N)=O)c1NC(=O)c1cc2c(C)nn(Cc3ccccc3Cl)c2s1. The van der Waals surface area contributed by atoms with Gasteiger partial charge in [0.2, 0.25) is 0 Å². The van der Waals surface area contributed by atoms with Gasteiger partial charge in [-0.3, -0.25) is 19.4 Å². The van der Waals surface area contributed by atoms with Gasteiger partial charge in [0.15, 0.2) is 5.69 Å². The Labute approximate surface area is 174 Å². The van der Waals surface area contributed by atoms with Gasteiger partial charge in [-0.05, 0) is 31.5 Å². The lowest BCUT2D eigenvalue weighted by Crippen LogP contribution is -2.17. The smallest absolute Gasteiger partial charge is 0.271 e. The van der Waals surface area contributed by atoms with Crippen molar-refractivity contribution in [3.05, 3.63) is 62.9 Å². The van der Waals surface area contributed by atoms with Gasteiger partial charge in [0.05, 0.1) is 28.5 Å². The molecule has 2 amide bonds. The summed E-state index contributed by atoms with van der Waals surface area (Å²) in [5, 5.41) is 15.4. The van der Waals surface area contributed by atoms with Gasteiger partial charge in [0.25, 0.3) is 11.8 Å². The second-order valence-electron chi connectivity index (χ2n) is 6.55. The summed E-state index contributed by atoms with van der Waals surface area (Å²) in [6.07, 6.45) is 0. The van der Waals surface area contributed by atoms with Crippen LogP contribution in [0.3, 0.4) is 0 Å². The number of rotatable bonds is 5. The zero-order valence-corrected chi connectivity index (χ0v) is 17.2. The van der Waals surface area contributed by atoms with E-state index in [-0.39, 0.29) is 17.3 Å². The topological polar surface area (TPSA) is 119 Å². The van der Waals surface area contributed by atoms with E-state index in [1.807, 2.05) is 35.9 Å². The largest absolute Gasteiger partial charge is 0.364 e. The quantitative estimate of drug-likeness (QED) is 0.450. The Kier molecular flexibility index (Phi) is 4.85. The Morgan fingerprint density at radius 3 is 2.79 bits per heavy atom. The van der Waals surface area contributed by atoms with Crippen molar-refractivity contribution in [3.8, 4) is 0 Å². The van der Waals surface area contributed by atoms with E-state index in [4.69, 9.17) is 17.3 Å². The lowest BCUT2D eigenvalue weighted by Gasteiger charge is -2.05. The molecule has 3 heterocycles. The molecule has 0 spiro atoms. The Balaban J connectivity index is 1.66. The van der Waals surface area contributed by atoms with Crippen LogP contribution in [-0.4, -0.2) is 31.8 Å². The number of aryl methyl sites for hydroxylation is 2. The monoisotopic (exact) mass is 428 g/mol. The maximum Gasteiger partial charge on any atom is 0.271 e. The number of fused-ring (bicyclic) bond motifs is 1. The van der Waals surface area contributed by atoms with Crippen LogP contribution in [0, 0.1) is 13.8 Å². The highest BCUT2D eigenvalue weighted by atomic mass is 35.5. The van der Waals surface area contributed by atoms with Gasteiger partial charge in [-0.2, -0.15) is 10.2 Å². The van der Waals surface area contributed by atoms with E-state index in [0.29, 0.717) is 22.1 Å². The molecule has 3 aromatic heterocycles. The van der Waals surface area contributed by atoms with Crippen molar-refractivity contribution in [2.75, 3.05) is 5.32 Å². The number of primary amides is 1. The van der Waals surface area contributed by atoms with Crippen LogP contribution in [0.25, 0.3) is 10.2 Å². The molecule has 10 heteroatoms. The number of aromatic nitrogens is 4. The molecule has 0 aliphatic carbocycles. The van der Waals surface area contributed by atoms with Crippen molar-refractivity contribution in [1.82, 2.24) is 20.0 Å². The summed E-state index contributed by atoms with van der Waals surface area (Å²) in [4.78, 5) is 25.7. The second kappa shape index (κ2) is 7.34. The molecule has 0 saturated heterocycles. The molecule has 0 saturated carbocycles. The summed E-state index contributed by atoms with van der Waals surface area (Å²) < 4.78 is 1.84. The summed E-state index contributed by atoms with van der Waals surface area (Å²) in [7, 11) is 0. The Morgan fingerprint density at radius 2 is 2.07 bits per heavy atom. The number of nitrogens with two attached hydrogens (primary N) is 1. The van der Waals surface area contributed by atoms with E-state index in [2.05, 4.69) is 20.6 Å². The van der Waals surface area contributed by atoms with Crippen molar-refractivity contribution < 1.29 is 9.59 Å². The van der Waals surface area contributed by atoms with Crippen molar-refractivity contribution in [1.29, 1.82) is 0 Å². The number of carbonyl (C=O) groups is 2. The van der Waals surface area contributed by atoms with Crippen LogP contribution in [-0.2, 0) is 6.54 Å². The van der Waals surface area contributed by atoms with Gasteiger partial charge in [-0.1, -0.05) is 29.8 Å². The molecule has 4 aromatic rings. The number of nitrogens with zero attached hydrogens (tertiary/aromatic N) is 3. The first-order valence-corrected chi connectivity index (χ1v) is 9.91. The number of halogens is 1. The molecule has 4 rings (SSSR count). The normalized spacial score (nSPS) is 11.1. The standard InChI is InChI=1S/C19H17ClN6O2S/c1-9-12-7-14(18(28)22-15-10(2)23-24-16(15)17(21)27)29-19(12)26(25-9)8-11-5-3-4-6-13(11)20/h3-7H,8H2,1-2H3,(H2,21,27)(H,22,28)(H,23,24). The minimum absolute atomic E-state index is 0.00182. The molecule has 1 aromatic carbocycles. The summed E-state index contributed by atoms with van der Waals surface area (Å²) in [6, 6.07) is 9.37. The summed E-state index contributed by atoms with van der Waals surface area (Å²) >= 11 is 7.59. The first-order chi connectivity index (χ1) is 13.8. The molecule has 0 radical (unpaired) electrons. The number of anilines is 1. The Hall–Kier alpha value is -3.17. The van der Waals surface area contributed by atoms with Crippen LogP contribution in [0.2, 0.25) is 5.02 Å². The fourth-order valence-corrected chi connectivity index (χ4v) is 4.31. The van der Waals surface area contributed by atoms with E-state index in [9.17, 15) is 9.59 Å². The molecule has 29 heavy (non-hydrogen) atoms. The highest BCUT2D eigenvalue weighted by Crippen LogP contribution is 2.30. The average molecular weight is 429 g/mol. The fraction of sp³-hybridized carbons (Fsp3) is 0.158. The number of thiophene rings is 1. The van der Waals surface area contributed by atoms with Gasteiger partial charge in [0, 0.05) is 10.4 Å². The van der Waals surface area contributed by atoms with Crippen LogP contribution in [0.5, 0.6) is 0 Å². The molecule has 148 valence electrons. The maximum absolute atomic E-state index is 12.8. The highest BCUT2D eigenvalue weighted by Gasteiger charge is 2.21. The molecular formula is C19H17ClN6O2S. The highest BCUT2D eigenvalue weighted by molar-refractivity contribution is 7.20. The summed E-state index contributed by atoms with van der Waals surface area (Å²) in [5.74, 6) is -1.06. The molecule has 0 aliphatic heterocycles. The van der Waals surface area contributed by atoms with Crippen LogP contribution in [0.1, 0.15) is 37.1 Å². The zero-order valence-electron chi connectivity index (χ0n) is 15.6. The third-order valence-electron chi connectivity index (χ3n) is 4.53. The number of nitrogens with one attached hydrogen (secondary N) is 2. The van der Waals surface area contributed by atoms with Crippen molar-refractivity contribution in [2.45, 2.75) is 20.4 Å². The maximum atomic E-state index is 12.8. The molecule has 0 fully saturated rings. The predicted octanol–water partition coefficient (Wildman–Crippen LogP) is 3.49. The molecule has 0 bridgehead atoms. The summed E-state index contributed by atoms with van der Waals surface area (Å²) in [5.41, 5.74) is 7.92. The van der Waals surface area contributed by atoms with Crippen molar-refractivity contribution in [3.63, 3.8) is 0 Å². The number of amides is 2. The number of aromatic amines is 1. The molecule has 0 unspecified atom stereocenters. The van der Waals surface area contributed by atoms with Gasteiger partial charge >= 0.3 is 0 Å². The van der Waals surface area contributed by atoms with Gasteiger partial charge in [0.1, 0.15) is 4.83 Å². The molecule has 0 atom stereocenters. The van der Waals surface area contributed by atoms with Gasteiger partial charge < -0.3 is 11.1 Å². The van der Waals surface area contributed by atoms with Crippen molar-refractivity contribution in [2.24, 2.45) is 5.73 Å². The molecule has 0 aliphatic rings. The van der Waals surface area contributed by atoms with Crippen LogP contribution in [0.4, 0.5) is 5.69 Å². The average Bonchev–Trinajstić information content (AvgIpc) is 3.34. The van der Waals surface area contributed by atoms with E-state index in [0.717, 1.165) is 21.5 Å². The number of hydrogen-bond donors (Lipinski definition) is 3. The number of carbonyl (C=O) groups excluding carboxylic acids is 2. The van der Waals surface area contributed by atoms with E-state index < -0.39 is 5.91 Å².